The van der Waals surface area contributed by atoms with Crippen LogP contribution in [0, 0.1) is 22.7 Å². The van der Waals surface area contributed by atoms with Crippen molar-refractivity contribution in [1.29, 1.82) is 10.5 Å². The van der Waals surface area contributed by atoms with Crippen LogP contribution in [0.5, 0.6) is 0 Å². The second kappa shape index (κ2) is 13.3. The van der Waals surface area contributed by atoms with E-state index < -0.39 is 18.5 Å². The van der Waals surface area contributed by atoms with Gasteiger partial charge in [0.2, 0.25) is 5.91 Å². The minimum absolute atomic E-state index is 0.0102. The van der Waals surface area contributed by atoms with Gasteiger partial charge in [0.25, 0.3) is 5.91 Å². The lowest BCUT2D eigenvalue weighted by Gasteiger charge is -2.20. The molecular weight excluding hydrogens is 476 g/mol. The Hall–Kier alpha value is -4.60. The van der Waals surface area contributed by atoms with Crippen LogP contribution in [0.15, 0.2) is 89.8 Å². The van der Waals surface area contributed by atoms with Crippen LogP contribution in [-0.4, -0.2) is 43.2 Å². The van der Waals surface area contributed by atoms with E-state index in [1.165, 1.54) is 9.80 Å². The number of rotatable bonds is 10. The van der Waals surface area contributed by atoms with Crippen LogP contribution in [0.4, 0.5) is 11.4 Å². The van der Waals surface area contributed by atoms with Crippen molar-refractivity contribution >= 4 is 40.9 Å². The summed E-state index contributed by atoms with van der Waals surface area (Å²) in [7, 11) is 0. The first-order chi connectivity index (χ1) is 17.5. The summed E-state index contributed by atoms with van der Waals surface area (Å²) in [5.74, 6) is -1.56. The fraction of sp³-hybridized carbons (Fsp3) is 0.148. The molecule has 3 rings (SSSR count). The van der Waals surface area contributed by atoms with Crippen LogP contribution >= 0.6 is 11.8 Å². The SMILES string of the molecule is N#CCN(C(=O)COC(=O)c1ccccc1SCC(=O)N(CC#N)c1ccccc1)c1ccccc1. The number of para-hydroxylation sites is 2. The number of carbonyl (C=O) groups is 3. The molecule has 0 unspecified atom stereocenters. The summed E-state index contributed by atoms with van der Waals surface area (Å²) in [6, 6.07) is 28.1. The molecule has 0 saturated carbocycles. The molecule has 0 saturated heterocycles. The Labute approximate surface area is 213 Å². The maximum Gasteiger partial charge on any atom is 0.339 e. The molecule has 3 aromatic rings. The topological polar surface area (TPSA) is 114 Å². The molecule has 0 atom stereocenters. The van der Waals surface area contributed by atoms with E-state index in [2.05, 4.69) is 0 Å². The number of nitriles is 2. The van der Waals surface area contributed by atoms with Gasteiger partial charge in [-0.15, -0.1) is 11.8 Å². The minimum Gasteiger partial charge on any atom is -0.452 e. The average Bonchev–Trinajstić information content (AvgIpc) is 2.93. The average molecular weight is 499 g/mol. The lowest BCUT2D eigenvalue weighted by atomic mass is 10.2. The Balaban J connectivity index is 1.65. The van der Waals surface area contributed by atoms with Gasteiger partial charge in [-0.2, -0.15) is 10.5 Å². The number of esters is 1. The molecule has 0 aliphatic heterocycles. The summed E-state index contributed by atoms with van der Waals surface area (Å²) in [5.41, 5.74) is 1.34. The van der Waals surface area contributed by atoms with Crippen molar-refractivity contribution < 1.29 is 19.1 Å². The van der Waals surface area contributed by atoms with Crippen molar-refractivity contribution in [3.63, 3.8) is 0 Å². The first-order valence-corrected chi connectivity index (χ1v) is 11.9. The van der Waals surface area contributed by atoms with Crippen molar-refractivity contribution in [2.45, 2.75) is 4.90 Å². The Morgan fingerprint density at radius 3 is 1.78 bits per heavy atom. The molecular formula is C27H22N4O4S. The second-order valence-electron chi connectivity index (χ2n) is 7.31. The van der Waals surface area contributed by atoms with E-state index in [1.54, 1.807) is 78.9 Å². The Kier molecular flexibility index (Phi) is 9.63. The largest absolute Gasteiger partial charge is 0.452 e. The van der Waals surface area contributed by atoms with Gasteiger partial charge < -0.3 is 4.74 Å². The number of anilines is 2. The highest BCUT2D eigenvalue weighted by atomic mass is 32.2. The monoisotopic (exact) mass is 498 g/mol. The molecule has 0 fully saturated rings. The van der Waals surface area contributed by atoms with Crippen molar-refractivity contribution in [2.75, 3.05) is 35.2 Å². The van der Waals surface area contributed by atoms with E-state index in [1.807, 2.05) is 18.2 Å². The zero-order valence-electron chi connectivity index (χ0n) is 19.2. The van der Waals surface area contributed by atoms with E-state index in [4.69, 9.17) is 15.3 Å². The summed E-state index contributed by atoms with van der Waals surface area (Å²) in [5, 5.41) is 18.2. The van der Waals surface area contributed by atoms with Gasteiger partial charge in [0.05, 0.1) is 23.5 Å². The van der Waals surface area contributed by atoms with E-state index in [9.17, 15) is 14.4 Å². The van der Waals surface area contributed by atoms with Crippen LogP contribution in [0.2, 0.25) is 0 Å². The molecule has 0 spiro atoms. The predicted octanol–water partition coefficient (Wildman–Crippen LogP) is 4.05. The molecule has 0 N–H and O–H groups in total. The molecule has 0 aliphatic carbocycles. The van der Waals surface area contributed by atoms with Crippen LogP contribution < -0.4 is 9.80 Å². The van der Waals surface area contributed by atoms with Crippen molar-refractivity contribution in [3.8, 4) is 12.1 Å². The summed E-state index contributed by atoms with van der Waals surface area (Å²) in [6.45, 7) is -0.831. The number of carbonyl (C=O) groups excluding carboxylic acids is 3. The number of ether oxygens (including phenoxy) is 1. The number of thioether (sulfide) groups is 1. The third-order valence-corrected chi connectivity index (χ3v) is 6.04. The molecule has 8 nitrogen and oxygen atoms in total. The number of benzene rings is 3. The number of nitrogens with zero attached hydrogens (tertiary/aromatic N) is 4. The third-order valence-electron chi connectivity index (χ3n) is 4.98. The smallest absolute Gasteiger partial charge is 0.339 e. The summed E-state index contributed by atoms with van der Waals surface area (Å²) >= 11 is 1.14. The van der Waals surface area contributed by atoms with E-state index in [0.29, 0.717) is 16.3 Å². The van der Waals surface area contributed by atoms with Gasteiger partial charge in [0.1, 0.15) is 13.1 Å². The van der Waals surface area contributed by atoms with Crippen LogP contribution in [0.1, 0.15) is 10.4 Å². The maximum atomic E-state index is 12.8. The van der Waals surface area contributed by atoms with Gasteiger partial charge in [-0.1, -0.05) is 48.5 Å². The van der Waals surface area contributed by atoms with E-state index in [-0.39, 0.29) is 30.3 Å². The summed E-state index contributed by atoms with van der Waals surface area (Å²) in [6.07, 6.45) is 0. The highest BCUT2D eigenvalue weighted by Gasteiger charge is 2.21. The van der Waals surface area contributed by atoms with Crippen molar-refractivity contribution in [2.24, 2.45) is 0 Å². The Morgan fingerprint density at radius 1 is 0.722 bits per heavy atom. The highest BCUT2D eigenvalue weighted by molar-refractivity contribution is 8.00. The zero-order chi connectivity index (χ0) is 25.8. The molecule has 2 amide bonds. The van der Waals surface area contributed by atoms with E-state index >= 15 is 0 Å². The van der Waals surface area contributed by atoms with Crippen molar-refractivity contribution in [3.05, 3.63) is 90.5 Å². The molecule has 0 heterocycles. The predicted molar refractivity (Wildman–Crippen MR) is 136 cm³/mol. The van der Waals surface area contributed by atoms with Gasteiger partial charge in [-0.3, -0.25) is 19.4 Å². The molecule has 9 heteroatoms. The van der Waals surface area contributed by atoms with Crippen LogP contribution in [0.3, 0.4) is 0 Å². The van der Waals surface area contributed by atoms with Gasteiger partial charge in [-0.05, 0) is 36.4 Å². The maximum absolute atomic E-state index is 12.8. The molecule has 0 bridgehead atoms. The normalized spacial score (nSPS) is 9.94. The molecule has 0 aromatic heterocycles. The standard InChI is InChI=1S/C27H22N4O4S/c28-15-17-30(21-9-3-1-4-10-21)25(32)19-35-27(34)23-13-7-8-14-24(23)36-20-26(33)31(18-16-29)22-11-5-2-6-12-22/h1-14H,17-20H2. The van der Waals surface area contributed by atoms with Crippen molar-refractivity contribution in [1.82, 2.24) is 0 Å². The van der Waals surface area contributed by atoms with Gasteiger partial charge in [0, 0.05) is 16.3 Å². The van der Waals surface area contributed by atoms with Crippen LogP contribution in [0.25, 0.3) is 0 Å². The quantitative estimate of drug-likeness (QED) is 0.235. The highest BCUT2D eigenvalue weighted by Crippen LogP contribution is 2.25. The van der Waals surface area contributed by atoms with Gasteiger partial charge >= 0.3 is 5.97 Å². The second-order valence-corrected chi connectivity index (χ2v) is 8.33. The molecule has 0 radical (unpaired) electrons. The minimum atomic E-state index is -0.721. The fourth-order valence-electron chi connectivity index (χ4n) is 3.27. The fourth-order valence-corrected chi connectivity index (χ4v) is 4.18. The first-order valence-electron chi connectivity index (χ1n) is 10.9. The Bertz CT molecular complexity index is 1290. The summed E-state index contributed by atoms with van der Waals surface area (Å²) in [4.78, 5) is 41.4. The molecule has 36 heavy (non-hydrogen) atoms. The lowest BCUT2D eigenvalue weighted by Crippen LogP contribution is -2.35. The van der Waals surface area contributed by atoms with Gasteiger partial charge in [0.15, 0.2) is 6.61 Å². The number of amides is 2. The Morgan fingerprint density at radius 2 is 1.22 bits per heavy atom. The first kappa shape index (κ1) is 26.0. The molecule has 3 aromatic carbocycles. The lowest BCUT2D eigenvalue weighted by molar-refractivity contribution is -0.121. The zero-order valence-corrected chi connectivity index (χ0v) is 20.1. The van der Waals surface area contributed by atoms with E-state index in [0.717, 1.165) is 11.8 Å². The number of hydrogen-bond acceptors (Lipinski definition) is 7. The number of hydrogen-bond donors (Lipinski definition) is 0. The third kappa shape index (κ3) is 6.95. The molecule has 0 aliphatic rings. The summed E-state index contributed by atoms with van der Waals surface area (Å²) < 4.78 is 5.25. The molecule has 180 valence electrons. The van der Waals surface area contributed by atoms with Crippen LogP contribution in [-0.2, 0) is 14.3 Å². The van der Waals surface area contributed by atoms with Gasteiger partial charge in [-0.25, -0.2) is 4.79 Å².